The minimum absolute atomic E-state index is 0.0112. The number of halogens is 2. The van der Waals surface area contributed by atoms with Gasteiger partial charge in [-0.15, -0.1) is 5.10 Å². The van der Waals surface area contributed by atoms with Crippen LogP contribution in [0, 0.1) is 0 Å². The van der Waals surface area contributed by atoms with Crippen LogP contribution in [-0.2, 0) is 4.79 Å². The van der Waals surface area contributed by atoms with Gasteiger partial charge in [-0.05, 0) is 73.7 Å². The number of benzene rings is 2. The van der Waals surface area contributed by atoms with Gasteiger partial charge in [0.05, 0.1) is 17.6 Å². The van der Waals surface area contributed by atoms with Gasteiger partial charge in [0.25, 0.3) is 0 Å². The van der Waals surface area contributed by atoms with E-state index in [9.17, 15) is 4.79 Å². The molecule has 3 heterocycles. The molecule has 1 amide bonds. The van der Waals surface area contributed by atoms with Crippen LogP contribution in [0.4, 0.5) is 0 Å². The van der Waals surface area contributed by atoms with E-state index < -0.39 is 0 Å². The first kappa shape index (κ1) is 21.4. The highest BCUT2D eigenvalue weighted by atomic mass is 35.5. The maximum Gasteiger partial charge on any atom is 0.239 e. The zero-order chi connectivity index (χ0) is 22.2. The van der Waals surface area contributed by atoms with Gasteiger partial charge in [0.2, 0.25) is 5.91 Å². The Morgan fingerprint density at radius 2 is 2.09 bits per heavy atom. The molecule has 1 fully saturated rings. The van der Waals surface area contributed by atoms with E-state index in [1.165, 1.54) is 5.57 Å². The monoisotopic (exact) mass is 469 g/mol. The van der Waals surface area contributed by atoms with Gasteiger partial charge >= 0.3 is 0 Å². The van der Waals surface area contributed by atoms with Crippen molar-refractivity contribution in [2.24, 2.45) is 0 Å². The summed E-state index contributed by atoms with van der Waals surface area (Å²) in [6.07, 6.45) is 5.03. The lowest BCUT2D eigenvalue weighted by Gasteiger charge is -2.29. The van der Waals surface area contributed by atoms with E-state index in [0.29, 0.717) is 16.6 Å². The van der Waals surface area contributed by atoms with E-state index in [0.717, 1.165) is 54.5 Å². The standard InChI is InChI=1S/C24H25Cl2N5O/c1-15(19-6-5-18(25)14-20(19)26)31-23-13-17(4-7-21(23)28-29-31)16-8-11-30(12-9-16)24(32)22-3-2-10-27-22/h4-8,13-15,22,27H,2-3,9-12H2,1H3/t15?,22-/m1/s1. The number of rotatable bonds is 4. The molecule has 166 valence electrons. The summed E-state index contributed by atoms with van der Waals surface area (Å²) in [5, 5.41) is 13.3. The molecule has 0 radical (unpaired) electrons. The minimum Gasteiger partial charge on any atom is -0.337 e. The normalized spacial score (nSPS) is 19.9. The maximum atomic E-state index is 12.7. The Hall–Kier alpha value is -2.41. The SMILES string of the molecule is CC(c1ccc(Cl)cc1Cl)n1nnc2ccc(C3=CCN(C(=O)[C@H]4CCCN4)CC3)cc21. The summed E-state index contributed by atoms with van der Waals surface area (Å²) < 4.78 is 1.90. The van der Waals surface area contributed by atoms with Crippen molar-refractivity contribution in [3.05, 3.63) is 63.6 Å². The molecule has 8 heteroatoms. The molecule has 5 rings (SSSR count). The molecule has 6 nitrogen and oxygen atoms in total. The van der Waals surface area contributed by atoms with Crippen LogP contribution in [0.5, 0.6) is 0 Å². The van der Waals surface area contributed by atoms with Crippen molar-refractivity contribution in [2.45, 2.75) is 38.3 Å². The fourth-order valence-electron chi connectivity index (χ4n) is 4.64. The molecule has 0 bridgehead atoms. The second-order valence-corrected chi connectivity index (χ2v) is 9.34. The van der Waals surface area contributed by atoms with Gasteiger partial charge in [0.1, 0.15) is 5.52 Å². The van der Waals surface area contributed by atoms with Gasteiger partial charge < -0.3 is 10.2 Å². The molecule has 2 aliphatic rings. The zero-order valence-corrected chi connectivity index (χ0v) is 19.4. The lowest BCUT2D eigenvalue weighted by atomic mass is 9.98. The summed E-state index contributed by atoms with van der Waals surface area (Å²) in [6.45, 7) is 4.39. The lowest BCUT2D eigenvalue weighted by Crippen LogP contribution is -2.45. The average Bonchev–Trinajstić information content (AvgIpc) is 3.48. The van der Waals surface area contributed by atoms with Crippen LogP contribution in [0.1, 0.15) is 43.4 Å². The highest BCUT2D eigenvalue weighted by molar-refractivity contribution is 6.35. The molecule has 1 unspecified atom stereocenters. The molecule has 0 aliphatic carbocycles. The molecule has 1 aromatic heterocycles. The summed E-state index contributed by atoms with van der Waals surface area (Å²) in [6, 6.07) is 11.6. The largest absolute Gasteiger partial charge is 0.337 e. The summed E-state index contributed by atoms with van der Waals surface area (Å²) in [5.41, 5.74) is 5.13. The highest BCUT2D eigenvalue weighted by Gasteiger charge is 2.28. The van der Waals surface area contributed by atoms with Gasteiger partial charge in [0, 0.05) is 23.1 Å². The Labute approximate surface area is 197 Å². The Kier molecular flexibility index (Phi) is 5.93. The molecule has 32 heavy (non-hydrogen) atoms. The number of amides is 1. The van der Waals surface area contributed by atoms with Crippen LogP contribution in [0.15, 0.2) is 42.5 Å². The van der Waals surface area contributed by atoms with Crippen LogP contribution >= 0.6 is 23.2 Å². The van der Waals surface area contributed by atoms with Crippen molar-refractivity contribution >= 4 is 45.7 Å². The van der Waals surface area contributed by atoms with Gasteiger partial charge in [0.15, 0.2) is 0 Å². The molecule has 0 spiro atoms. The molecular weight excluding hydrogens is 445 g/mol. The Balaban J connectivity index is 1.40. The van der Waals surface area contributed by atoms with Gasteiger partial charge in [-0.3, -0.25) is 4.79 Å². The van der Waals surface area contributed by atoms with Crippen LogP contribution in [0.3, 0.4) is 0 Å². The van der Waals surface area contributed by atoms with E-state index >= 15 is 0 Å². The molecule has 2 aromatic carbocycles. The van der Waals surface area contributed by atoms with E-state index in [4.69, 9.17) is 23.2 Å². The number of carbonyl (C=O) groups excluding carboxylic acids is 1. The van der Waals surface area contributed by atoms with Crippen LogP contribution < -0.4 is 5.32 Å². The predicted molar refractivity (Wildman–Crippen MR) is 128 cm³/mol. The number of carbonyl (C=O) groups is 1. The van der Waals surface area contributed by atoms with E-state index in [-0.39, 0.29) is 18.0 Å². The molecule has 2 aliphatic heterocycles. The molecule has 2 atom stereocenters. The van der Waals surface area contributed by atoms with E-state index in [2.05, 4.69) is 40.8 Å². The second-order valence-electron chi connectivity index (χ2n) is 8.49. The Bertz CT molecular complexity index is 1200. The quantitative estimate of drug-likeness (QED) is 0.600. The summed E-state index contributed by atoms with van der Waals surface area (Å²) in [7, 11) is 0. The van der Waals surface area contributed by atoms with Crippen LogP contribution in [0.25, 0.3) is 16.6 Å². The van der Waals surface area contributed by atoms with E-state index in [1.54, 1.807) is 6.07 Å². The predicted octanol–water partition coefficient (Wildman–Crippen LogP) is 4.72. The topological polar surface area (TPSA) is 63.1 Å². The molecule has 3 aromatic rings. The average molecular weight is 470 g/mol. The van der Waals surface area contributed by atoms with E-state index in [1.807, 2.05) is 27.8 Å². The van der Waals surface area contributed by atoms with Crippen molar-refractivity contribution in [1.82, 2.24) is 25.2 Å². The number of nitrogens with one attached hydrogen (secondary N) is 1. The number of fused-ring (bicyclic) bond motifs is 1. The van der Waals surface area contributed by atoms with Crippen molar-refractivity contribution in [2.75, 3.05) is 19.6 Å². The smallest absolute Gasteiger partial charge is 0.239 e. The van der Waals surface area contributed by atoms with Crippen molar-refractivity contribution < 1.29 is 4.79 Å². The van der Waals surface area contributed by atoms with Gasteiger partial charge in [-0.25, -0.2) is 4.68 Å². The fraction of sp³-hybridized carbons (Fsp3) is 0.375. The molecule has 1 N–H and O–H groups in total. The Morgan fingerprint density at radius 3 is 2.81 bits per heavy atom. The fourth-order valence-corrected chi connectivity index (χ4v) is 5.21. The van der Waals surface area contributed by atoms with Crippen LogP contribution in [-0.4, -0.2) is 51.5 Å². The van der Waals surface area contributed by atoms with Crippen molar-refractivity contribution in [3.63, 3.8) is 0 Å². The number of hydrogen-bond donors (Lipinski definition) is 1. The first-order valence-electron chi connectivity index (χ1n) is 11.0. The first-order valence-corrected chi connectivity index (χ1v) is 11.8. The number of aromatic nitrogens is 3. The molecular formula is C24H25Cl2N5O. The summed E-state index contributed by atoms with van der Waals surface area (Å²) in [5.74, 6) is 0.226. The third kappa shape index (κ3) is 4.03. The third-order valence-electron chi connectivity index (χ3n) is 6.50. The first-order chi connectivity index (χ1) is 15.5. The highest BCUT2D eigenvalue weighted by Crippen LogP contribution is 2.31. The van der Waals surface area contributed by atoms with Crippen molar-refractivity contribution in [1.29, 1.82) is 0 Å². The van der Waals surface area contributed by atoms with Gasteiger partial charge in [-0.2, -0.15) is 0 Å². The molecule has 1 saturated heterocycles. The minimum atomic E-state index is -0.0904. The lowest BCUT2D eigenvalue weighted by molar-refractivity contribution is -0.132. The van der Waals surface area contributed by atoms with Gasteiger partial charge in [-0.1, -0.05) is 46.6 Å². The third-order valence-corrected chi connectivity index (χ3v) is 7.06. The molecule has 0 saturated carbocycles. The summed E-state index contributed by atoms with van der Waals surface area (Å²) in [4.78, 5) is 14.6. The maximum absolute atomic E-state index is 12.7. The van der Waals surface area contributed by atoms with Crippen LogP contribution in [0.2, 0.25) is 10.0 Å². The number of nitrogens with zero attached hydrogens (tertiary/aromatic N) is 4. The Morgan fingerprint density at radius 1 is 1.22 bits per heavy atom. The second kappa shape index (κ2) is 8.85. The van der Waals surface area contributed by atoms with Crippen molar-refractivity contribution in [3.8, 4) is 0 Å². The number of hydrogen-bond acceptors (Lipinski definition) is 4. The summed E-state index contributed by atoms with van der Waals surface area (Å²) >= 11 is 12.5. The zero-order valence-electron chi connectivity index (χ0n) is 17.9.